The number of likely N-dealkylation sites (tertiary alicyclic amines) is 1. The van der Waals surface area contributed by atoms with Gasteiger partial charge in [-0.25, -0.2) is 4.79 Å². The Kier molecular flexibility index (Phi) is 4.59. The molecular weight excluding hydrogens is 194 g/mol. The predicted octanol–water partition coefficient (Wildman–Crippen LogP) is 1.83. The van der Waals surface area contributed by atoms with Gasteiger partial charge in [0.1, 0.15) is 5.78 Å². The lowest BCUT2D eigenvalue weighted by Crippen LogP contribution is -2.32. The Bertz CT molecular complexity index is 240. The first kappa shape index (κ1) is 12.0. The average molecular weight is 213 g/mol. The number of Topliss-reactive ketones (excluding diaryl/α,β-unsaturated/α-hetero) is 1. The fraction of sp³-hybridized carbons (Fsp3) is 0.818. The zero-order valence-corrected chi connectivity index (χ0v) is 9.49. The van der Waals surface area contributed by atoms with Crippen LogP contribution in [0.1, 0.15) is 33.1 Å². The second kappa shape index (κ2) is 5.73. The second-order valence-electron chi connectivity index (χ2n) is 3.92. The van der Waals surface area contributed by atoms with Gasteiger partial charge < -0.3 is 9.64 Å². The average Bonchev–Trinajstić information content (AvgIpc) is 2.43. The van der Waals surface area contributed by atoms with Crippen molar-refractivity contribution in [3.63, 3.8) is 0 Å². The minimum atomic E-state index is -0.248. The van der Waals surface area contributed by atoms with E-state index in [0.717, 1.165) is 19.3 Å². The zero-order valence-electron chi connectivity index (χ0n) is 9.49. The molecule has 0 aromatic heterocycles. The van der Waals surface area contributed by atoms with Crippen molar-refractivity contribution in [3.8, 4) is 0 Å². The Morgan fingerprint density at radius 2 is 2.07 bits per heavy atom. The first-order valence-electron chi connectivity index (χ1n) is 5.57. The highest BCUT2D eigenvalue weighted by Crippen LogP contribution is 2.18. The number of rotatable bonds is 2. The number of hydrogen-bond acceptors (Lipinski definition) is 3. The fourth-order valence-corrected chi connectivity index (χ4v) is 1.90. The fourth-order valence-electron chi connectivity index (χ4n) is 1.90. The van der Waals surface area contributed by atoms with Crippen molar-refractivity contribution in [1.82, 2.24) is 4.90 Å². The first-order valence-corrected chi connectivity index (χ1v) is 5.57. The number of amides is 1. The summed E-state index contributed by atoms with van der Waals surface area (Å²) in [6.45, 7) is 5.19. The third-order valence-corrected chi connectivity index (χ3v) is 2.83. The Labute approximate surface area is 90.6 Å². The van der Waals surface area contributed by atoms with Crippen LogP contribution in [-0.2, 0) is 9.53 Å². The van der Waals surface area contributed by atoms with Gasteiger partial charge in [-0.15, -0.1) is 0 Å². The van der Waals surface area contributed by atoms with Gasteiger partial charge in [0.25, 0.3) is 0 Å². The number of carbonyl (C=O) groups is 2. The van der Waals surface area contributed by atoms with Crippen LogP contribution in [0.4, 0.5) is 4.79 Å². The molecule has 1 aliphatic rings. The Balaban J connectivity index is 2.45. The number of hydrogen-bond donors (Lipinski definition) is 0. The summed E-state index contributed by atoms with van der Waals surface area (Å²) in [6, 6.07) is 0. The van der Waals surface area contributed by atoms with E-state index < -0.39 is 0 Å². The maximum atomic E-state index is 11.4. The lowest BCUT2D eigenvalue weighted by molar-refractivity contribution is -0.121. The summed E-state index contributed by atoms with van der Waals surface area (Å²) >= 11 is 0. The SMILES string of the molecule is CCOC(=O)N1CCCC(C(C)=O)CC1. The molecule has 0 bridgehead atoms. The molecule has 1 rings (SSSR count). The van der Waals surface area contributed by atoms with E-state index in [1.165, 1.54) is 0 Å². The number of carbonyl (C=O) groups excluding carboxylic acids is 2. The lowest BCUT2D eigenvalue weighted by Gasteiger charge is -2.19. The van der Waals surface area contributed by atoms with Crippen LogP contribution >= 0.6 is 0 Å². The quantitative estimate of drug-likeness (QED) is 0.703. The third kappa shape index (κ3) is 3.53. The Morgan fingerprint density at radius 3 is 2.67 bits per heavy atom. The van der Waals surface area contributed by atoms with Crippen LogP contribution < -0.4 is 0 Å². The van der Waals surface area contributed by atoms with E-state index in [1.807, 2.05) is 0 Å². The molecule has 1 unspecified atom stereocenters. The molecule has 0 aliphatic carbocycles. The number of nitrogens with zero attached hydrogens (tertiary/aromatic N) is 1. The minimum Gasteiger partial charge on any atom is -0.450 e. The van der Waals surface area contributed by atoms with Crippen molar-refractivity contribution in [3.05, 3.63) is 0 Å². The van der Waals surface area contributed by atoms with Gasteiger partial charge in [0.15, 0.2) is 0 Å². The van der Waals surface area contributed by atoms with Crippen LogP contribution in [0.25, 0.3) is 0 Å². The Morgan fingerprint density at radius 1 is 1.33 bits per heavy atom. The standard InChI is InChI=1S/C11H19NO3/c1-3-15-11(14)12-7-4-5-10(6-8-12)9(2)13/h10H,3-8H2,1-2H3. The van der Waals surface area contributed by atoms with Gasteiger partial charge in [-0.1, -0.05) is 0 Å². The molecule has 1 aliphatic heterocycles. The summed E-state index contributed by atoms with van der Waals surface area (Å²) in [6.07, 6.45) is 2.31. The molecule has 86 valence electrons. The van der Waals surface area contributed by atoms with Crippen molar-refractivity contribution in [1.29, 1.82) is 0 Å². The molecule has 1 saturated heterocycles. The molecule has 15 heavy (non-hydrogen) atoms. The minimum absolute atomic E-state index is 0.129. The normalized spacial score (nSPS) is 22.0. The van der Waals surface area contributed by atoms with E-state index in [1.54, 1.807) is 18.7 Å². The topological polar surface area (TPSA) is 46.6 Å². The van der Waals surface area contributed by atoms with Gasteiger partial charge in [-0.05, 0) is 33.1 Å². The van der Waals surface area contributed by atoms with E-state index in [4.69, 9.17) is 4.74 Å². The van der Waals surface area contributed by atoms with Gasteiger partial charge in [0, 0.05) is 19.0 Å². The molecule has 0 saturated carbocycles. The summed E-state index contributed by atoms with van der Waals surface area (Å²) in [5.74, 6) is 0.366. The summed E-state index contributed by atoms with van der Waals surface area (Å²) in [5, 5.41) is 0. The van der Waals surface area contributed by atoms with Crippen LogP contribution in [0, 0.1) is 5.92 Å². The molecule has 0 aromatic carbocycles. The van der Waals surface area contributed by atoms with Crippen LogP contribution in [0.5, 0.6) is 0 Å². The van der Waals surface area contributed by atoms with Crippen LogP contribution in [0.3, 0.4) is 0 Å². The molecule has 4 heteroatoms. The molecule has 0 spiro atoms. The molecule has 1 fully saturated rings. The first-order chi connectivity index (χ1) is 7.15. The van der Waals surface area contributed by atoms with Crippen LogP contribution in [0.2, 0.25) is 0 Å². The maximum Gasteiger partial charge on any atom is 0.409 e. The Hall–Kier alpha value is -1.06. The number of ether oxygens (including phenoxy) is 1. The van der Waals surface area contributed by atoms with Gasteiger partial charge in [0.2, 0.25) is 0 Å². The monoisotopic (exact) mass is 213 g/mol. The highest BCUT2D eigenvalue weighted by atomic mass is 16.6. The second-order valence-corrected chi connectivity index (χ2v) is 3.92. The largest absolute Gasteiger partial charge is 0.450 e. The van der Waals surface area contributed by atoms with Gasteiger partial charge in [-0.2, -0.15) is 0 Å². The van der Waals surface area contributed by atoms with E-state index >= 15 is 0 Å². The highest BCUT2D eigenvalue weighted by Gasteiger charge is 2.23. The smallest absolute Gasteiger partial charge is 0.409 e. The van der Waals surface area contributed by atoms with Gasteiger partial charge >= 0.3 is 6.09 Å². The zero-order chi connectivity index (χ0) is 11.3. The molecule has 1 atom stereocenters. The van der Waals surface area contributed by atoms with Crippen LogP contribution in [-0.4, -0.2) is 36.5 Å². The van der Waals surface area contributed by atoms with Crippen LogP contribution in [0.15, 0.2) is 0 Å². The van der Waals surface area contributed by atoms with Crippen molar-refractivity contribution in [2.24, 2.45) is 5.92 Å². The van der Waals surface area contributed by atoms with Gasteiger partial charge in [0.05, 0.1) is 6.61 Å². The molecule has 0 radical (unpaired) electrons. The van der Waals surface area contributed by atoms with E-state index in [2.05, 4.69) is 0 Å². The lowest BCUT2D eigenvalue weighted by atomic mass is 9.97. The molecule has 1 amide bonds. The van der Waals surface area contributed by atoms with E-state index in [9.17, 15) is 9.59 Å². The number of ketones is 1. The molecule has 0 aromatic rings. The highest BCUT2D eigenvalue weighted by molar-refractivity contribution is 5.78. The van der Waals surface area contributed by atoms with E-state index in [-0.39, 0.29) is 17.8 Å². The molecule has 0 N–H and O–H groups in total. The summed E-state index contributed by atoms with van der Waals surface area (Å²) in [7, 11) is 0. The maximum absolute atomic E-state index is 11.4. The van der Waals surface area contributed by atoms with E-state index in [0.29, 0.717) is 19.7 Å². The predicted molar refractivity (Wildman–Crippen MR) is 56.6 cm³/mol. The molecule has 4 nitrogen and oxygen atoms in total. The third-order valence-electron chi connectivity index (χ3n) is 2.83. The molecule has 1 heterocycles. The van der Waals surface area contributed by atoms with Crippen molar-refractivity contribution in [2.45, 2.75) is 33.1 Å². The molecular formula is C11H19NO3. The van der Waals surface area contributed by atoms with Crippen molar-refractivity contribution < 1.29 is 14.3 Å². The van der Waals surface area contributed by atoms with Gasteiger partial charge in [-0.3, -0.25) is 4.79 Å². The summed E-state index contributed by atoms with van der Waals surface area (Å²) in [4.78, 5) is 24.4. The van der Waals surface area contributed by atoms with Crippen molar-refractivity contribution in [2.75, 3.05) is 19.7 Å². The summed E-state index contributed by atoms with van der Waals surface area (Å²) < 4.78 is 4.93. The van der Waals surface area contributed by atoms with Crippen molar-refractivity contribution >= 4 is 11.9 Å². The summed E-state index contributed by atoms with van der Waals surface area (Å²) in [5.41, 5.74) is 0.